The number of carbonyl (C=O) groups is 2. The number of halogens is 1. The van der Waals surface area contributed by atoms with Gasteiger partial charge in [-0.1, -0.05) is 12.1 Å². The minimum Gasteiger partial charge on any atom is -0.476 e. The summed E-state index contributed by atoms with van der Waals surface area (Å²) >= 11 is 0. The second-order valence-corrected chi connectivity index (χ2v) is 10.1. The molecule has 0 aliphatic carbocycles. The monoisotopic (exact) mass is 483 g/mol. The van der Waals surface area contributed by atoms with Gasteiger partial charge >= 0.3 is 0 Å². The Morgan fingerprint density at radius 1 is 1.11 bits per heavy atom. The third-order valence-electron chi connectivity index (χ3n) is 6.47. The van der Waals surface area contributed by atoms with Gasteiger partial charge < -0.3 is 15.0 Å². The maximum atomic E-state index is 13.8. The number of nitrogens with one attached hydrogen (secondary N) is 2. The van der Waals surface area contributed by atoms with Crippen molar-refractivity contribution < 1.29 is 18.7 Å². The van der Waals surface area contributed by atoms with E-state index in [-0.39, 0.29) is 11.9 Å². The van der Waals surface area contributed by atoms with Crippen molar-refractivity contribution in [2.24, 2.45) is 5.92 Å². The predicted octanol–water partition coefficient (Wildman–Crippen LogP) is 2.99. The third kappa shape index (κ3) is 7.29. The van der Waals surface area contributed by atoms with E-state index in [4.69, 9.17) is 4.74 Å². The van der Waals surface area contributed by atoms with Crippen LogP contribution < -0.4 is 15.4 Å². The topological polar surface area (TPSA) is 96.5 Å². The van der Waals surface area contributed by atoms with Crippen LogP contribution in [0.1, 0.15) is 49.9 Å². The number of aromatic nitrogens is 2. The number of hydrogen-bond donors (Lipinski definition) is 2. The van der Waals surface area contributed by atoms with E-state index >= 15 is 0 Å². The fourth-order valence-electron chi connectivity index (χ4n) is 4.57. The molecular weight excluding hydrogens is 449 g/mol. The summed E-state index contributed by atoms with van der Waals surface area (Å²) in [6.07, 6.45) is 3.63. The molecule has 0 unspecified atom stereocenters. The number of ether oxygens (including phenoxy) is 1. The first kappa shape index (κ1) is 25.2. The van der Waals surface area contributed by atoms with Crippen LogP contribution in [0.2, 0.25) is 0 Å². The Hall–Kier alpha value is -2.91. The van der Waals surface area contributed by atoms with Crippen LogP contribution in [0, 0.1) is 5.92 Å². The van der Waals surface area contributed by atoms with Gasteiger partial charge in [-0.25, -0.2) is 4.39 Å². The molecule has 0 bridgehead atoms. The van der Waals surface area contributed by atoms with Gasteiger partial charge in [-0.15, -0.1) is 10.2 Å². The first-order chi connectivity index (χ1) is 16.8. The van der Waals surface area contributed by atoms with Gasteiger partial charge in [-0.2, -0.15) is 0 Å². The standard InChI is InChI=1S/C26H34FN5O3/c1-26(2,27)17-32-14-11-18(12-15-32)16-35-23-10-9-21(30-31-23)19-5-7-20(8-6-19)24(33)29-25(34)22-4-3-13-28-22/h5-10,18,22,28H,3-4,11-17H2,1-2H3,(H,29,33,34)/t22-/m0/s1. The van der Waals surface area contributed by atoms with E-state index in [1.54, 1.807) is 44.2 Å². The summed E-state index contributed by atoms with van der Waals surface area (Å²) in [6, 6.07) is 10.2. The van der Waals surface area contributed by atoms with Gasteiger partial charge in [0.15, 0.2) is 0 Å². The molecule has 9 heteroatoms. The molecule has 35 heavy (non-hydrogen) atoms. The zero-order valence-corrected chi connectivity index (χ0v) is 20.4. The number of carbonyl (C=O) groups excluding carboxylic acids is 2. The van der Waals surface area contributed by atoms with Crippen molar-refractivity contribution in [1.82, 2.24) is 25.7 Å². The van der Waals surface area contributed by atoms with Crippen molar-refractivity contribution in [3.8, 4) is 17.1 Å². The fraction of sp³-hybridized carbons (Fsp3) is 0.538. The Labute approximate surface area is 205 Å². The molecule has 1 aromatic carbocycles. The SMILES string of the molecule is CC(C)(F)CN1CCC(COc2ccc(-c3ccc(C(=O)NC(=O)[C@@H]4CCCN4)cc3)nn2)CC1. The summed E-state index contributed by atoms with van der Waals surface area (Å²) in [4.78, 5) is 26.7. The summed E-state index contributed by atoms with van der Waals surface area (Å²) in [5, 5.41) is 14.0. The molecule has 1 atom stereocenters. The van der Waals surface area contributed by atoms with Gasteiger partial charge in [0.25, 0.3) is 5.91 Å². The van der Waals surface area contributed by atoms with Crippen LogP contribution >= 0.6 is 0 Å². The second-order valence-electron chi connectivity index (χ2n) is 10.1. The molecule has 3 heterocycles. The summed E-state index contributed by atoms with van der Waals surface area (Å²) in [7, 11) is 0. The number of imide groups is 1. The summed E-state index contributed by atoms with van der Waals surface area (Å²) < 4.78 is 19.7. The van der Waals surface area contributed by atoms with Crippen LogP contribution in [0.15, 0.2) is 36.4 Å². The van der Waals surface area contributed by atoms with E-state index in [9.17, 15) is 14.0 Å². The zero-order chi connectivity index (χ0) is 24.8. The van der Waals surface area contributed by atoms with Crippen LogP contribution in [-0.2, 0) is 4.79 Å². The Kier molecular flexibility index (Phi) is 8.07. The van der Waals surface area contributed by atoms with Crippen molar-refractivity contribution in [3.05, 3.63) is 42.0 Å². The number of likely N-dealkylation sites (tertiary alicyclic amines) is 1. The average molecular weight is 484 g/mol. The van der Waals surface area contributed by atoms with E-state index in [1.807, 2.05) is 6.07 Å². The van der Waals surface area contributed by atoms with Gasteiger partial charge in [0.1, 0.15) is 5.67 Å². The zero-order valence-electron chi connectivity index (χ0n) is 20.4. The van der Waals surface area contributed by atoms with Crippen LogP contribution in [0.3, 0.4) is 0 Å². The molecule has 2 fully saturated rings. The fourth-order valence-corrected chi connectivity index (χ4v) is 4.57. The van der Waals surface area contributed by atoms with Gasteiger partial charge in [-0.05, 0) is 83.3 Å². The largest absolute Gasteiger partial charge is 0.476 e. The van der Waals surface area contributed by atoms with Crippen molar-refractivity contribution in [1.29, 1.82) is 0 Å². The molecule has 2 aliphatic rings. The van der Waals surface area contributed by atoms with E-state index in [0.29, 0.717) is 36.2 Å². The van der Waals surface area contributed by atoms with E-state index in [2.05, 4.69) is 25.7 Å². The molecule has 2 N–H and O–H groups in total. The highest BCUT2D eigenvalue weighted by molar-refractivity contribution is 6.06. The van der Waals surface area contributed by atoms with Gasteiger partial charge in [0.2, 0.25) is 11.8 Å². The Bertz CT molecular complexity index is 993. The van der Waals surface area contributed by atoms with Crippen molar-refractivity contribution in [2.45, 2.75) is 51.2 Å². The number of amides is 2. The maximum Gasteiger partial charge on any atom is 0.257 e. The molecular formula is C26H34FN5O3. The number of piperidine rings is 1. The minimum absolute atomic E-state index is 0.285. The summed E-state index contributed by atoms with van der Waals surface area (Å²) in [6.45, 7) is 6.83. The van der Waals surface area contributed by atoms with Gasteiger partial charge in [0.05, 0.1) is 18.3 Å². The van der Waals surface area contributed by atoms with Crippen molar-refractivity contribution in [2.75, 3.05) is 32.8 Å². The minimum atomic E-state index is -1.17. The molecule has 2 aromatic rings. The first-order valence-electron chi connectivity index (χ1n) is 12.3. The first-order valence-corrected chi connectivity index (χ1v) is 12.3. The van der Waals surface area contributed by atoms with Crippen molar-refractivity contribution >= 4 is 11.8 Å². The molecule has 0 saturated carbocycles. The third-order valence-corrected chi connectivity index (χ3v) is 6.47. The Morgan fingerprint density at radius 2 is 1.86 bits per heavy atom. The second kappa shape index (κ2) is 11.2. The lowest BCUT2D eigenvalue weighted by Gasteiger charge is -2.34. The molecule has 0 radical (unpaired) electrons. The number of nitrogens with zero attached hydrogens (tertiary/aromatic N) is 3. The molecule has 1 aromatic heterocycles. The summed E-state index contributed by atoms with van der Waals surface area (Å²) in [5.41, 5.74) is 0.721. The van der Waals surface area contributed by atoms with Gasteiger partial charge in [0, 0.05) is 23.7 Å². The normalized spacial score (nSPS) is 19.5. The smallest absolute Gasteiger partial charge is 0.257 e. The number of benzene rings is 1. The van der Waals surface area contributed by atoms with Crippen LogP contribution in [0.25, 0.3) is 11.3 Å². The maximum absolute atomic E-state index is 13.8. The Balaban J connectivity index is 1.24. The molecule has 0 spiro atoms. The van der Waals surface area contributed by atoms with Crippen LogP contribution in [-0.4, -0.2) is 71.4 Å². The van der Waals surface area contributed by atoms with Crippen LogP contribution in [0.5, 0.6) is 5.88 Å². The number of hydrogen-bond acceptors (Lipinski definition) is 7. The van der Waals surface area contributed by atoms with E-state index in [0.717, 1.165) is 50.9 Å². The highest BCUT2D eigenvalue weighted by Gasteiger charge is 2.26. The van der Waals surface area contributed by atoms with E-state index in [1.165, 1.54) is 0 Å². The number of rotatable bonds is 8. The molecule has 2 aliphatic heterocycles. The lowest BCUT2D eigenvalue weighted by atomic mass is 9.97. The number of alkyl halides is 1. The van der Waals surface area contributed by atoms with Crippen LogP contribution in [0.4, 0.5) is 4.39 Å². The van der Waals surface area contributed by atoms with Crippen molar-refractivity contribution in [3.63, 3.8) is 0 Å². The van der Waals surface area contributed by atoms with Gasteiger partial charge in [-0.3, -0.25) is 14.9 Å². The highest BCUT2D eigenvalue weighted by Crippen LogP contribution is 2.22. The molecule has 8 nitrogen and oxygen atoms in total. The van der Waals surface area contributed by atoms with E-state index < -0.39 is 11.6 Å². The lowest BCUT2D eigenvalue weighted by Crippen LogP contribution is -2.43. The highest BCUT2D eigenvalue weighted by atomic mass is 19.1. The average Bonchev–Trinajstić information content (AvgIpc) is 3.38. The molecule has 188 valence electrons. The molecule has 2 saturated heterocycles. The lowest BCUT2D eigenvalue weighted by molar-refractivity contribution is -0.121. The molecule has 4 rings (SSSR count). The Morgan fingerprint density at radius 3 is 2.46 bits per heavy atom. The quantitative estimate of drug-likeness (QED) is 0.557. The molecule has 2 amide bonds. The summed E-state index contributed by atoms with van der Waals surface area (Å²) in [5.74, 6) is 0.193. The predicted molar refractivity (Wildman–Crippen MR) is 131 cm³/mol.